The van der Waals surface area contributed by atoms with Crippen molar-refractivity contribution in [2.24, 2.45) is 5.41 Å². The van der Waals surface area contributed by atoms with Crippen LogP contribution < -0.4 is 5.32 Å². The van der Waals surface area contributed by atoms with Crippen LogP contribution in [0.2, 0.25) is 0 Å². The van der Waals surface area contributed by atoms with E-state index in [0.717, 1.165) is 42.0 Å². The van der Waals surface area contributed by atoms with E-state index in [1.165, 1.54) is 6.42 Å². The molecule has 5 heteroatoms. The predicted octanol–water partition coefficient (Wildman–Crippen LogP) is 3.38. The van der Waals surface area contributed by atoms with E-state index in [1.807, 2.05) is 0 Å². The Morgan fingerprint density at radius 2 is 2.00 bits per heavy atom. The zero-order chi connectivity index (χ0) is 14.2. The van der Waals surface area contributed by atoms with Gasteiger partial charge in [-0.1, -0.05) is 19.3 Å². The average Bonchev–Trinajstić information content (AvgIpc) is 2.58. The van der Waals surface area contributed by atoms with Crippen LogP contribution >= 0.6 is 11.8 Å². The van der Waals surface area contributed by atoms with Crippen molar-refractivity contribution in [3.8, 4) is 0 Å². The van der Waals surface area contributed by atoms with E-state index < -0.39 is 5.97 Å². The van der Waals surface area contributed by atoms with Crippen molar-refractivity contribution in [3.05, 3.63) is 23.8 Å². The second-order valence-corrected chi connectivity index (χ2v) is 6.62. The van der Waals surface area contributed by atoms with Crippen LogP contribution in [0.1, 0.15) is 42.5 Å². The van der Waals surface area contributed by atoms with Gasteiger partial charge < -0.3 is 10.4 Å². The van der Waals surface area contributed by atoms with E-state index >= 15 is 0 Å². The summed E-state index contributed by atoms with van der Waals surface area (Å²) in [6, 6.07) is 4.90. The number of nitrogens with one attached hydrogen (secondary N) is 1. The lowest BCUT2D eigenvalue weighted by Gasteiger charge is -2.33. The molecule has 106 valence electrons. The number of thioether (sulfide) groups is 1. The molecule has 1 aromatic rings. The number of rotatable bonds is 1. The molecule has 1 heterocycles. The SMILES string of the molecule is O=C(O)c1ccc2c(c1)SCC1(CCCCC1)C(=O)N2. The largest absolute Gasteiger partial charge is 0.478 e. The molecule has 0 aromatic heterocycles. The number of amides is 1. The highest BCUT2D eigenvalue weighted by Gasteiger charge is 2.41. The molecule has 1 fully saturated rings. The number of benzene rings is 1. The molecular formula is C15H17NO3S. The number of carboxylic acids is 1. The fraction of sp³-hybridized carbons (Fsp3) is 0.467. The van der Waals surface area contributed by atoms with Crippen LogP contribution in [-0.2, 0) is 4.79 Å². The van der Waals surface area contributed by atoms with Gasteiger partial charge in [0, 0.05) is 10.6 Å². The van der Waals surface area contributed by atoms with Gasteiger partial charge in [-0.2, -0.15) is 0 Å². The maximum atomic E-state index is 12.5. The first-order valence-electron chi connectivity index (χ1n) is 6.92. The van der Waals surface area contributed by atoms with E-state index in [-0.39, 0.29) is 16.9 Å². The van der Waals surface area contributed by atoms with Gasteiger partial charge in [0.25, 0.3) is 0 Å². The van der Waals surface area contributed by atoms with Gasteiger partial charge in [-0.05, 0) is 31.0 Å². The minimum Gasteiger partial charge on any atom is -0.478 e. The summed E-state index contributed by atoms with van der Waals surface area (Å²) in [7, 11) is 0. The number of carboxylic acid groups (broad SMARTS) is 1. The van der Waals surface area contributed by atoms with Crippen LogP contribution in [0.5, 0.6) is 0 Å². The molecule has 2 N–H and O–H groups in total. The van der Waals surface area contributed by atoms with E-state index in [0.29, 0.717) is 0 Å². The number of fused-ring (bicyclic) bond motifs is 1. The van der Waals surface area contributed by atoms with Crippen molar-refractivity contribution in [3.63, 3.8) is 0 Å². The van der Waals surface area contributed by atoms with E-state index in [1.54, 1.807) is 30.0 Å². The summed E-state index contributed by atoms with van der Waals surface area (Å²) in [5.41, 5.74) is 0.739. The Kier molecular flexibility index (Phi) is 3.46. The Morgan fingerprint density at radius 3 is 2.70 bits per heavy atom. The third-order valence-electron chi connectivity index (χ3n) is 4.27. The lowest BCUT2D eigenvalue weighted by Crippen LogP contribution is -2.39. The minimum absolute atomic E-state index is 0.103. The molecule has 1 aliphatic heterocycles. The zero-order valence-corrected chi connectivity index (χ0v) is 12.0. The summed E-state index contributed by atoms with van der Waals surface area (Å²) in [5.74, 6) is -0.0857. The molecule has 2 aliphatic rings. The first-order valence-corrected chi connectivity index (χ1v) is 7.91. The number of hydrogen-bond donors (Lipinski definition) is 2. The predicted molar refractivity (Wildman–Crippen MR) is 78.3 cm³/mol. The van der Waals surface area contributed by atoms with Crippen LogP contribution in [0.4, 0.5) is 5.69 Å². The molecule has 1 aromatic carbocycles. The van der Waals surface area contributed by atoms with E-state index in [4.69, 9.17) is 5.11 Å². The lowest BCUT2D eigenvalue weighted by molar-refractivity contribution is -0.126. The van der Waals surface area contributed by atoms with Crippen LogP contribution in [0.15, 0.2) is 23.1 Å². The Morgan fingerprint density at radius 1 is 1.25 bits per heavy atom. The number of aromatic carboxylic acids is 1. The Hall–Kier alpha value is -1.49. The van der Waals surface area contributed by atoms with Gasteiger partial charge in [-0.25, -0.2) is 4.79 Å². The highest BCUT2D eigenvalue weighted by atomic mass is 32.2. The maximum absolute atomic E-state index is 12.5. The third kappa shape index (κ3) is 2.30. The lowest BCUT2D eigenvalue weighted by atomic mass is 9.75. The van der Waals surface area contributed by atoms with Crippen LogP contribution in [0.3, 0.4) is 0 Å². The Balaban J connectivity index is 1.92. The number of carbonyl (C=O) groups is 2. The van der Waals surface area contributed by atoms with Gasteiger partial charge in [0.2, 0.25) is 5.91 Å². The first-order chi connectivity index (χ1) is 9.61. The summed E-state index contributed by atoms with van der Waals surface area (Å²) in [4.78, 5) is 24.4. The molecule has 4 nitrogen and oxygen atoms in total. The quantitative estimate of drug-likeness (QED) is 0.832. The third-order valence-corrected chi connectivity index (χ3v) is 5.62. The molecule has 3 rings (SSSR count). The Bertz CT molecular complexity index is 564. The van der Waals surface area contributed by atoms with Gasteiger partial charge in [0.05, 0.1) is 16.7 Å². The monoisotopic (exact) mass is 291 g/mol. The molecule has 1 spiro atoms. The van der Waals surface area contributed by atoms with Crippen molar-refractivity contribution in [1.82, 2.24) is 0 Å². The van der Waals surface area contributed by atoms with Crippen molar-refractivity contribution in [1.29, 1.82) is 0 Å². The van der Waals surface area contributed by atoms with Gasteiger partial charge in [-0.15, -0.1) is 11.8 Å². The number of carbonyl (C=O) groups excluding carboxylic acids is 1. The number of hydrogen-bond acceptors (Lipinski definition) is 3. The standard InChI is InChI=1S/C15H17NO3S/c17-13(18)10-4-5-11-12(8-10)20-9-15(14(19)16-11)6-2-1-3-7-15/h4-5,8H,1-3,6-7,9H2,(H,16,19)(H,17,18). The first kappa shape index (κ1) is 13.5. The Labute approximate surface area is 121 Å². The second kappa shape index (κ2) is 5.13. The minimum atomic E-state index is -0.934. The molecule has 1 aliphatic carbocycles. The molecule has 0 atom stereocenters. The van der Waals surface area contributed by atoms with Crippen LogP contribution in [0, 0.1) is 5.41 Å². The summed E-state index contributed by atoms with van der Waals surface area (Å²) < 4.78 is 0. The summed E-state index contributed by atoms with van der Waals surface area (Å²) >= 11 is 1.60. The maximum Gasteiger partial charge on any atom is 0.335 e. The van der Waals surface area contributed by atoms with Crippen molar-refractivity contribution < 1.29 is 14.7 Å². The summed E-state index contributed by atoms with van der Waals surface area (Å²) in [5, 5.41) is 12.1. The molecule has 1 amide bonds. The molecule has 0 saturated heterocycles. The van der Waals surface area contributed by atoms with Crippen molar-refractivity contribution in [2.45, 2.75) is 37.0 Å². The highest BCUT2D eigenvalue weighted by Crippen LogP contribution is 2.45. The topological polar surface area (TPSA) is 66.4 Å². The van der Waals surface area contributed by atoms with Crippen LogP contribution in [0.25, 0.3) is 0 Å². The highest BCUT2D eigenvalue weighted by molar-refractivity contribution is 7.99. The van der Waals surface area contributed by atoms with Crippen molar-refractivity contribution in [2.75, 3.05) is 11.1 Å². The van der Waals surface area contributed by atoms with E-state index in [2.05, 4.69) is 5.32 Å². The zero-order valence-electron chi connectivity index (χ0n) is 11.1. The molecule has 1 saturated carbocycles. The van der Waals surface area contributed by atoms with Crippen LogP contribution in [-0.4, -0.2) is 22.7 Å². The fourth-order valence-corrected chi connectivity index (χ4v) is 4.35. The molecular weight excluding hydrogens is 274 g/mol. The second-order valence-electron chi connectivity index (χ2n) is 5.60. The van der Waals surface area contributed by atoms with Gasteiger partial charge >= 0.3 is 5.97 Å². The van der Waals surface area contributed by atoms with E-state index in [9.17, 15) is 9.59 Å². The normalized spacial score (nSPS) is 20.9. The molecule has 20 heavy (non-hydrogen) atoms. The van der Waals surface area contributed by atoms with Gasteiger partial charge in [-0.3, -0.25) is 4.79 Å². The van der Waals surface area contributed by atoms with Crippen molar-refractivity contribution >= 4 is 29.3 Å². The average molecular weight is 291 g/mol. The van der Waals surface area contributed by atoms with Gasteiger partial charge in [0.15, 0.2) is 0 Å². The van der Waals surface area contributed by atoms with Gasteiger partial charge in [0.1, 0.15) is 0 Å². The molecule has 0 radical (unpaired) electrons. The number of anilines is 1. The summed E-state index contributed by atoms with van der Waals surface area (Å²) in [6.45, 7) is 0. The molecule has 0 unspecified atom stereocenters. The smallest absolute Gasteiger partial charge is 0.335 e. The molecule has 0 bridgehead atoms. The fourth-order valence-electron chi connectivity index (χ4n) is 3.01. The summed E-state index contributed by atoms with van der Waals surface area (Å²) in [6.07, 6.45) is 5.28.